The van der Waals surface area contributed by atoms with E-state index in [0.29, 0.717) is 5.92 Å². The number of hydrogen-bond donors (Lipinski definition) is 0. The van der Waals surface area contributed by atoms with Gasteiger partial charge in [0.05, 0.1) is 10.5 Å². The van der Waals surface area contributed by atoms with Crippen molar-refractivity contribution in [1.29, 1.82) is 0 Å². The lowest BCUT2D eigenvalue weighted by Gasteiger charge is -2.23. The van der Waals surface area contributed by atoms with Crippen molar-refractivity contribution in [3.8, 4) is 0 Å². The number of halogens is 1. The van der Waals surface area contributed by atoms with Crippen molar-refractivity contribution in [2.75, 3.05) is 0 Å². The maximum Gasteiger partial charge on any atom is 0.0717 e. The minimum absolute atomic E-state index is 0.619. The van der Waals surface area contributed by atoms with Crippen LogP contribution in [0.3, 0.4) is 0 Å². The molecule has 1 aliphatic rings. The van der Waals surface area contributed by atoms with E-state index in [0.717, 1.165) is 15.9 Å². The van der Waals surface area contributed by atoms with Crippen molar-refractivity contribution in [2.24, 2.45) is 0 Å². The number of nitrogens with zero attached hydrogens (tertiary/aromatic N) is 1. The van der Waals surface area contributed by atoms with Gasteiger partial charge in [0.2, 0.25) is 0 Å². The van der Waals surface area contributed by atoms with Crippen LogP contribution in [0.2, 0.25) is 5.02 Å². The first-order chi connectivity index (χ1) is 8.36. The average Bonchev–Trinajstić information content (AvgIpc) is 2.40. The van der Waals surface area contributed by atoms with E-state index >= 15 is 0 Å². The van der Waals surface area contributed by atoms with Crippen molar-refractivity contribution >= 4 is 22.5 Å². The van der Waals surface area contributed by atoms with Crippen LogP contribution < -0.4 is 0 Å². The van der Waals surface area contributed by atoms with Crippen LogP contribution in [-0.4, -0.2) is 4.98 Å². The van der Waals surface area contributed by atoms with E-state index in [-0.39, 0.29) is 0 Å². The van der Waals surface area contributed by atoms with Crippen molar-refractivity contribution in [3.63, 3.8) is 0 Å². The van der Waals surface area contributed by atoms with Crippen LogP contribution >= 0.6 is 11.6 Å². The predicted molar refractivity (Wildman–Crippen MR) is 72.6 cm³/mol. The highest BCUT2D eigenvalue weighted by atomic mass is 35.5. The van der Waals surface area contributed by atoms with Crippen LogP contribution in [0.4, 0.5) is 0 Å². The molecule has 1 aromatic carbocycles. The van der Waals surface area contributed by atoms with Crippen molar-refractivity contribution in [3.05, 3.63) is 41.0 Å². The summed E-state index contributed by atoms with van der Waals surface area (Å²) in [6, 6.07) is 8.12. The standard InChI is InChI=1S/C15H16ClN/c16-15-12-8-4-5-9-14(12)17-10-13(15)11-6-2-1-3-7-11/h4-5,8-11H,1-3,6-7H2. The molecule has 0 bridgehead atoms. The van der Waals surface area contributed by atoms with Gasteiger partial charge in [-0.3, -0.25) is 4.98 Å². The van der Waals surface area contributed by atoms with Crippen LogP contribution in [0.15, 0.2) is 30.5 Å². The van der Waals surface area contributed by atoms with Gasteiger partial charge < -0.3 is 0 Å². The molecule has 1 aromatic heterocycles. The minimum Gasteiger partial charge on any atom is -0.256 e. The Morgan fingerprint density at radius 1 is 1.06 bits per heavy atom. The highest BCUT2D eigenvalue weighted by Gasteiger charge is 2.19. The summed E-state index contributed by atoms with van der Waals surface area (Å²) in [5.74, 6) is 0.619. The van der Waals surface area contributed by atoms with Gasteiger partial charge in [0.25, 0.3) is 0 Å². The number of fused-ring (bicyclic) bond motifs is 1. The van der Waals surface area contributed by atoms with Crippen LogP contribution in [0, 0.1) is 0 Å². The Morgan fingerprint density at radius 2 is 1.82 bits per heavy atom. The Bertz CT molecular complexity index is 529. The summed E-state index contributed by atoms with van der Waals surface area (Å²) >= 11 is 6.53. The molecule has 0 aliphatic heterocycles. The molecular weight excluding hydrogens is 230 g/mol. The maximum absolute atomic E-state index is 6.53. The zero-order valence-corrected chi connectivity index (χ0v) is 10.6. The Labute approximate surface area is 107 Å². The zero-order chi connectivity index (χ0) is 11.7. The van der Waals surface area contributed by atoms with Gasteiger partial charge in [-0.1, -0.05) is 49.1 Å². The fraction of sp³-hybridized carbons (Fsp3) is 0.400. The van der Waals surface area contributed by atoms with E-state index in [1.54, 1.807) is 0 Å². The second-order valence-corrected chi connectivity index (χ2v) is 5.26. The van der Waals surface area contributed by atoms with Crippen LogP contribution in [0.1, 0.15) is 43.6 Å². The maximum atomic E-state index is 6.53. The molecule has 0 unspecified atom stereocenters. The molecule has 0 amide bonds. The summed E-state index contributed by atoms with van der Waals surface area (Å²) in [5.41, 5.74) is 2.25. The molecule has 17 heavy (non-hydrogen) atoms. The summed E-state index contributed by atoms with van der Waals surface area (Å²) < 4.78 is 0. The van der Waals surface area contributed by atoms with E-state index in [9.17, 15) is 0 Å². The van der Waals surface area contributed by atoms with Crippen LogP contribution in [0.25, 0.3) is 10.9 Å². The molecule has 1 heterocycles. The molecule has 0 spiro atoms. The number of para-hydroxylation sites is 1. The second kappa shape index (κ2) is 4.66. The Hall–Kier alpha value is -1.08. The molecule has 88 valence electrons. The van der Waals surface area contributed by atoms with Gasteiger partial charge in [0, 0.05) is 11.6 Å². The Balaban J connectivity index is 2.07. The van der Waals surface area contributed by atoms with Gasteiger partial charge in [0.1, 0.15) is 0 Å². The highest BCUT2D eigenvalue weighted by molar-refractivity contribution is 6.36. The van der Waals surface area contributed by atoms with E-state index in [1.807, 2.05) is 24.4 Å². The highest BCUT2D eigenvalue weighted by Crippen LogP contribution is 2.38. The molecule has 0 radical (unpaired) electrons. The SMILES string of the molecule is Clc1c(C2CCCCC2)cnc2ccccc12. The molecule has 1 fully saturated rings. The third kappa shape index (κ3) is 2.04. The fourth-order valence-corrected chi connectivity index (χ4v) is 3.18. The minimum atomic E-state index is 0.619. The lowest BCUT2D eigenvalue weighted by Crippen LogP contribution is -2.05. The molecule has 2 heteroatoms. The van der Waals surface area contributed by atoms with Crippen LogP contribution in [0.5, 0.6) is 0 Å². The third-order valence-corrected chi connectivity index (χ3v) is 4.20. The van der Waals surface area contributed by atoms with E-state index in [4.69, 9.17) is 11.6 Å². The third-order valence-electron chi connectivity index (χ3n) is 3.78. The van der Waals surface area contributed by atoms with Crippen molar-refractivity contribution in [2.45, 2.75) is 38.0 Å². The first kappa shape index (κ1) is 11.0. The van der Waals surface area contributed by atoms with Gasteiger partial charge in [-0.25, -0.2) is 0 Å². The van der Waals surface area contributed by atoms with Crippen molar-refractivity contribution < 1.29 is 0 Å². The number of rotatable bonds is 1. The molecule has 0 N–H and O–H groups in total. The topological polar surface area (TPSA) is 12.9 Å². The number of pyridine rings is 1. The second-order valence-electron chi connectivity index (χ2n) is 4.88. The number of hydrogen-bond acceptors (Lipinski definition) is 1. The van der Waals surface area contributed by atoms with Gasteiger partial charge >= 0.3 is 0 Å². The molecule has 0 saturated heterocycles. The molecule has 0 atom stereocenters. The van der Waals surface area contributed by atoms with E-state index in [1.165, 1.54) is 37.7 Å². The predicted octanol–water partition coefficient (Wildman–Crippen LogP) is 4.94. The summed E-state index contributed by atoms with van der Waals surface area (Å²) in [6.45, 7) is 0. The van der Waals surface area contributed by atoms with Crippen LogP contribution in [-0.2, 0) is 0 Å². The molecule has 2 aromatic rings. The lowest BCUT2D eigenvalue weighted by molar-refractivity contribution is 0.443. The number of benzene rings is 1. The first-order valence-corrected chi connectivity index (χ1v) is 6.77. The smallest absolute Gasteiger partial charge is 0.0717 e. The Morgan fingerprint density at radius 3 is 2.65 bits per heavy atom. The fourth-order valence-electron chi connectivity index (χ4n) is 2.82. The lowest BCUT2D eigenvalue weighted by atomic mass is 9.84. The van der Waals surface area contributed by atoms with E-state index in [2.05, 4.69) is 11.1 Å². The average molecular weight is 246 g/mol. The molecule has 3 rings (SSSR count). The number of aromatic nitrogens is 1. The van der Waals surface area contributed by atoms with Crippen molar-refractivity contribution in [1.82, 2.24) is 4.98 Å². The summed E-state index contributed by atoms with van der Waals surface area (Å²) in [5, 5.41) is 2.01. The Kier molecular flexibility index (Phi) is 3.02. The van der Waals surface area contributed by atoms with Gasteiger partial charge in [-0.05, 0) is 30.4 Å². The normalized spacial score (nSPS) is 17.5. The van der Waals surface area contributed by atoms with E-state index < -0.39 is 0 Å². The first-order valence-electron chi connectivity index (χ1n) is 6.39. The molecule has 1 saturated carbocycles. The largest absolute Gasteiger partial charge is 0.256 e. The molecule has 1 nitrogen and oxygen atoms in total. The van der Waals surface area contributed by atoms with Gasteiger partial charge in [0.15, 0.2) is 0 Å². The molecule has 1 aliphatic carbocycles. The monoisotopic (exact) mass is 245 g/mol. The van der Waals surface area contributed by atoms with Gasteiger partial charge in [-0.2, -0.15) is 0 Å². The summed E-state index contributed by atoms with van der Waals surface area (Å²) in [6.07, 6.45) is 8.54. The summed E-state index contributed by atoms with van der Waals surface area (Å²) in [4.78, 5) is 4.53. The molecular formula is C15H16ClN. The summed E-state index contributed by atoms with van der Waals surface area (Å²) in [7, 11) is 0. The zero-order valence-electron chi connectivity index (χ0n) is 9.82. The quantitative estimate of drug-likeness (QED) is 0.694. The van der Waals surface area contributed by atoms with Gasteiger partial charge in [-0.15, -0.1) is 0 Å².